The molecule has 0 bridgehead atoms. The van der Waals surface area contributed by atoms with Gasteiger partial charge in [-0.15, -0.1) is 0 Å². The van der Waals surface area contributed by atoms with Crippen LogP contribution in [0.5, 0.6) is 0 Å². The van der Waals surface area contributed by atoms with E-state index in [9.17, 15) is 4.79 Å². The van der Waals surface area contributed by atoms with Gasteiger partial charge in [0.1, 0.15) is 16.9 Å². The lowest BCUT2D eigenvalue weighted by molar-refractivity contribution is 0.0953. The fraction of sp³-hybridized carbons (Fsp3) is 0.115. The minimum atomic E-state index is -0.305. The van der Waals surface area contributed by atoms with E-state index in [1.54, 1.807) is 12.1 Å². The number of aryl methyl sites for hydroxylation is 2. The van der Waals surface area contributed by atoms with Crippen LogP contribution in [0.3, 0.4) is 0 Å². The average Bonchev–Trinajstić information content (AvgIpc) is 3.07. The quantitative estimate of drug-likeness (QED) is 0.382. The number of rotatable bonds is 4. The van der Waals surface area contributed by atoms with Crippen LogP contribution >= 0.6 is 11.6 Å². The first-order valence-corrected chi connectivity index (χ1v) is 11.0. The molecule has 0 fully saturated rings. The number of fused-ring (bicyclic) bond motifs is 2. The molecule has 5 rings (SSSR count). The maximum atomic E-state index is 13.3. The summed E-state index contributed by atoms with van der Waals surface area (Å²) < 4.78 is 1.81. The fourth-order valence-electron chi connectivity index (χ4n) is 4.10. The number of benzene rings is 3. The van der Waals surface area contributed by atoms with E-state index in [1.165, 1.54) is 0 Å². The van der Waals surface area contributed by atoms with Crippen molar-refractivity contribution in [2.45, 2.75) is 20.4 Å². The maximum absolute atomic E-state index is 13.3. The molecule has 5 aromatic rings. The van der Waals surface area contributed by atoms with Crippen molar-refractivity contribution in [1.29, 1.82) is 0 Å². The Labute approximate surface area is 196 Å². The van der Waals surface area contributed by atoms with Gasteiger partial charge in [0.05, 0.1) is 11.0 Å². The molecule has 33 heavy (non-hydrogen) atoms. The van der Waals surface area contributed by atoms with Crippen molar-refractivity contribution in [3.8, 4) is 5.69 Å². The van der Waals surface area contributed by atoms with Crippen molar-refractivity contribution in [2.24, 2.45) is 0 Å². The number of hydrogen-bond acceptors (Lipinski definition) is 4. The zero-order chi connectivity index (χ0) is 23.1. The van der Waals surface area contributed by atoms with Crippen LogP contribution in [0.25, 0.3) is 27.9 Å². The molecule has 6 nitrogen and oxygen atoms in total. The Kier molecular flexibility index (Phi) is 5.23. The number of aromatic nitrogens is 3. The molecule has 0 saturated carbocycles. The Balaban J connectivity index is 1.67. The number of carbonyl (C=O) groups excluding carboxylic acids is 1. The van der Waals surface area contributed by atoms with Gasteiger partial charge in [-0.2, -0.15) is 0 Å². The van der Waals surface area contributed by atoms with Gasteiger partial charge in [-0.05, 0) is 66.9 Å². The second-order valence-electron chi connectivity index (χ2n) is 8.14. The number of amides is 1. The second kappa shape index (κ2) is 8.22. The highest BCUT2D eigenvalue weighted by Crippen LogP contribution is 2.31. The van der Waals surface area contributed by atoms with Crippen LogP contribution in [0.15, 0.2) is 66.7 Å². The molecule has 0 saturated heterocycles. The van der Waals surface area contributed by atoms with Crippen LogP contribution in [-0.4, -0.2) is 20.4 Å². The fourth-order valence-corrected chi connectivity index (χ4v) is 4.23. The lowest BCUT2D eigenvalue weighted by atomic mass is 10.1. The Bertz CT molecular complexity index is 1500. The van der Waals surface area contributed by atoms with Gasteiger partial charge in [0.15, 0.2) is 5.65 Å². The van der Waals surface area contributed by atoms with Crippen molar-refractivity contribution in [1.82, 2.24) is 19.9 Å². The third kappa shape index (κ3) is 3.90. The molecule has 0 spiro atoms. The summed E-state index contributed by atoms with van der Waals surface area (Å²) in [7, 11) is 0. The number of halogens is 1. The highest BCUT2D eigenvalue weighted by Gasteiger charge is 2.25. The Morgan fingerprint density at radius 1 is 0.970 bits per heavy atom. The predicted molar refractivity (Wildman–Crippen MR) is 133 cm³/mol. The molecule has 0 aliphatic rings. The summed E-state index contributed by atoms with van der Waals surface area (Å²) >= 11 is 5.97. The SMILES string of the molecule is Cc1cc(C)cc(-n2c(N)c(C(=O)NCc3ccc(Cl)cc3)c3nc4ccccc4nc32)c1. The van der Waals surface area contributed by atoms with Crippen LogP contribution < -0.4 is 11.1 Å². The number of nitrogens with zero attached hydrogens (tertiary/aromatic N) is 3. The Morgan fingerprint density at radius 2 is 1.61 bits per heavy atom. The lowest BCUT2D eigenvalue weighted by Gasteiger charge is -2.10. The van der Waals surface area contributed by atoms with E-state index in [1.807, 2.05) is 66.9 Å². The van der Waals surface area contributed by atoms with E-state index in [2.05, 4.69) is 11.4 Å². The highest BCUT2D eigenvalue weighted by molar-refractivity contribution is 6.30. The van der Waals surface area contributed by atoms with Crippen LogP contribution in [-0.2, 0) is 6.54 Å². The summed E-state index contributed by atoms with van der Waals surface area (Å²) in [5.74, 6) is -0.000863. The summed E-state index contributed by atoms with van der Waals surface area (Å²) in [6.45, 7) is 4.39. The maximum Gasteiger partial charge on any atom is 0.257 e. The zero-order valence-corrected chi connectivity index (χ0v) is 19.0. The molecule has 0 atom stereocenters. The summed E-state index contributed by atoms with van der Waals surface area (Å²) in [5, 5.41) is 3.61. The summed E-state index contributed by atoms with van der Waals surface area (Å²) in [5.41, 5.74) is 13.3. The van der Waals surface area contributed by atoms with E-state index in [0.717, 1.165) is 27.9 Å². The van der Waals surface area contributed by atoms with Gasteiger partial charge in [-0.3, -0.25) is 9.36 Å². The highest BCUT2D eigenvalue weighted by atomic mass is 35.5. The van der Waals surface area contributed by atoms with Crippen molar-refractivity contribution < 1.29 is 4.79 Å². The molecule has 164 valence electrons. The van der Waals surface area contributed by atoms with Crippen molar-refractivity contribution in [3.63, 3.8) is 0 Å². The average molecular weight is 456 g/mol. The van der Waals surface area contributed by atoms with E-state index < -0.39 is 0 Å². The smallest absolute Gasteiger partial charge is 0.257 e. The monoisotopic (exact) mass is 455 g/mol. The molecule has 1 amide bonds. The van der Waals surface area contributed by atoms with Crippen molar-refractivity contribution in [2.75, 3.05) is 5.73 Å². The van der Waals surface area contributed by atoms with Gasteiger partial charge in [-0.1, -0.05) is 41.9 Å². The van der Waals surface area contributed by atoms with E-state index in [0.29, 0.717) is 39.6 Å². The number of para-hydroxylation sites is 2. The van der Waals surface area contributed by atoms with Gasteiger partial charge < -0.3 is 11.1 Å². The molecule has 3 aromatic carbocycles. The molecule has 0 aliphatic carbocycles. The standard InChI is InChI=1S/C26H22ClN5O/c1-15-11-16(2)13-19(12-15)32-24(28)22(26(33)29-14-17-7-9-18(27)10-8-17)23-25(32)31-21-6-4-3-5-20(21)30-23/h3-13H,14,28H2,1-2H3,(H,29,33). The molecular weight excluding hydrogens is 434 g/mol. The lowest BCUT2D eigenvalue weighted by Crippen LogP contribution is -2.24. The molecular formula is C26H22ClN5O. The predicted octanol–water partition coefficient (Wildman–Crippen LogP) is 5.36. The molecule has 7 heteroatoms. The van der Waals surface area contributed by atoms with Crippen molar-refractivity contribution in [3.05, 3.63) is 94.0 Å². The third-order valence-corrected chi connectivity index (χ3v) is 5.81. The zero-order valence-electron chi connectivity index (χ0n) is 18.3. The number of nitrogens with two attached hydrogens (primary N) is 1. The number of nitrogens with one attached hydrogen (secondary N) is 1. The molecule has 0 aliphatic heterocycles. The minimum Gasteiger partial charge on any atom is -0.384 e. The van der Waals surface area contributed by atoms with Gasteiger partial charge >= 0.3 is 0 Å². The second-order valence-corrected chi connectivity index (χ2v) is 8.57. The van der Waals surface area contributed by atoms with E-state index in [-0.39, 0.29) is 5.91 Å². The summed E-state index contributed by atoms with van der Waals surface area (Å²) in [6, 6.07) is 21.1. The van der Waals surface area contributed by atoms with E-state index >= 15 is 0 Å². The first-order valence-electron chi connectivity index (χ1n) is 10.6. The largest absolute Gasteiger partial charge is 0.384 e. The third-order valence-electron chi connectivity index (χ3n) is 5.56. The van der Waals surface area contributed by atoms with Gasteiger partial charge in [0.2, 0.25) is 0 Å². The summed E-state index contributed by atoms with van der Waals surface area (Å²) in [4.78, 5) is 22.9. The number of nitrogen functional groups attached to an aromatic ring is 1. The molecule has 0 radical (unpaired) electrons. The van der Waals surface area contributed by atoms with Crippen LogP contribution in [0.4, 0.5) is 5.82 Å². The molecule has 3 N–H and O–H groups in total. The normalized spacial score (nSPS) is 11.2. The summed E-state index contributed by atoms with van der Waals surface area (Å²) in [6.07, 6.45) is 0. The number of anilines is 1. The first kappa shape index (κ1) is 21.0. The van der Waals surface area contributed by atoms with Gasteiger partial charge in [-0.25, -0.2) is 9.97 Å². The van der Waals surface area contributed by atoms with Gasteiger partial charge in [0, 0.05) is 17.3 Å². The topological polar surface area (TPSA) is 85.8 Å². The Morgan fingerprint density at radius 3 is 2.27 bits per heavy atom. The molecule has 2 heterocycles. The van der Waals surface area contributed by atoms with Crippen LogP contribution in [0, 0.1) is 13.8 Å². The van der Waals surface area contributed by atoms with Crippen LogP contribution in [0.1, 0.15) is 27.0 Å². The Hall–Kier alpha value is -3.90. The van der Waals surface area contributed by atoms with Crippen LogP contribution in [0.2, 0.25) is 5.02 Å². The molecule has 0 unspecified atom stereocenters. The first-order chi connectivity index (χ1) is 15.9. The number of hydrogen-bond donors (Lipinski definition) is 2. The number of carbonyl (C=O) groups is 1. The minimum absolute atomic E-state index is 0.305. The van der Waals surface area contributed by atoms with Gasteiger partial charge in [0.25, 0.3) is 5.91 Å². The van der Waals surface area contributed by atoms with E-state index in [4.69, 9.17) is 27.3 Å². The van der Waals surface area contributed by atoms with Crippen molar-refractivity contribution >= 4 is 45.5 Å². The molecule has 2 aromatic heterocycles.